The first-order chi connectivity index (χ1) is 15.0. The Morgan fingerprint density at radius 1 is 1.06 bits per heavy atom. The molecule has 4 rings (SSSR count). The summed E-state index contributed by atoms with van der Waals surface area (Å²) in [6.45, 7) is 2.10. The summed E-state index contributed by atoms with van der Waals surface area (Å²) < 4.78 is 10.9. The molecule has 6 heteroatoms. The van der Waals surface area contributed by atoms with Crippen LogP contribution in [0.15, 0.2) is 48.5 Å². The molecule has 0 aliphatic heterocycles. The van der Waals surface area contributed by atoms with E-state index in [-0.39, 0.29) is 24.5 Å². The Hall–Kier alpha value is -3.02. The fourth-order valence-electron chi connectivity index (χ4n) is 5.12. The Bertz CT molecular complexity index is 927. The smallest absolute Gasteiger partial charge is 0.259 e. The van der Waals surface area contributed by atoms with Gasteiger partial charge in [-0.15, -0.1) is 0 Å². The Balaban J connectivity index is 1.25. The summed E-state index contributed by atoms with van der Waals surface area (Å²) >= 11 is 0. The van der Waals surface area contributed by atoms with Crippen molar-refractivity contribution in [1.82, 2.24) is 5.32 Å². The zero-order chi connectivity index (χ0) is 21.8. The summed E-state index contributed by atoms with van der Waals surface area (Å²) in [5, 5.41) is 5.95. The van der Waals surface area contributed by atoms with Crippen molar-refractivity contribution in [3.8, 4) is 11.5 Å². The molecular formula is C25H30N2O4. The van der Waals surface area contributed by atoms with Crippen LogP contribution in [0.4, 0.5) is 5.69 Å². The van der Waals surface area contributed by atoms with Crippen LogP contribution >= 0.6 is 0 Å². The minimum absolute atomic E-state index is 0.0158. The standard InChI is InChI=1S/C25H30N2O4/c1-16(22-14-17-7-8-18(22)13-17)26-24(28)15-31-20-11-9-19(10-12-20)27-25(29)21-5-3-4-6-23(21)30-2/h3-6,9-12,16-18,22H,7-8,13-15H2,1-2H3,(H,26,28)(H,27,29). The molecule has 2 aliphatic carbocycles. The number of hydrogen-bond acceptors (Lipinski definition) is 4. The number of benzene rings is 2. The molecule has 2 aromatic rings. The molecule has 0 spiro atoms. The molecule has 164 valence electrons. The van der Waals surface area contributed by atoms with Gasteiger partial charge in [0.1, 0.15) is 11.5 Å². The van der Waals surface area contributed by atoms with Crippen molar-refractivity contribution < 1.29 is 19.1 Å². The Kier molecular flexibility index (Phi) is 6.44. The molecule has 0 aromatic heterocycles. The van der Waals surface area contributed by atoms with Gasteiger partial charge in [-0.25, -0.2) is 0 Å². The van der Waals surface area contributed by atoms with Crippen molar-refractivity contribution in [1.29, 1.82) is 0 Å². The highest BCUT2D eigenvalue weighted by molar-refractivity contribution is 6.06. The van der Waals surface area contributed by atoms with E-state index in [1.165, 1.54) is 32.8 Å². The first-order valence-corrected chi connectivity index (χ1v) is 11.0. The quantitative estimate of drug-likeness (QED) is 0.666. The zero-order valence-electron chi connectivity index (χ0n) is 18.1. The number of amides is 2. The third-order valence-electron chi connectivity index (χ3n) is 6.66. The van der Waals surface area contributed by atoms with Crippen molar-refractivity contribution in [2.24, 2.45) is 17.8 Å². The van der Waals surface area contributed by atoms with Crippen molar-refractivity contribution in [3.63, 3.8) is 0 Å². The topological polar surface area (TPSA) is 76.7 Å². The summed E-state index contributed by atoms with van der Waals surface area (Å²) in [5.74, 6) is 3.01. The number of rotatable bonds is 8. The van der Waals surface area contributed by atoms with E-state index in [9.17, 15) is 9.59 Å². The van der Waals surface area contributed by atoms with Crippen molar-refractivity contribution in [3.05, 3.63) is 54.1 Å². The monoisotopic (exact) mass is 422 g/mol. The zero-order valence-corrected chi connectivity index (χ0v) is 18.1. The lowest BCUT2D eigenvalue weighted by Crippen LogP contribution is -2.42. The molecule has 2 aliphatic rings. The van der Waals surface area contributed by atoms with Crippen LogP contribution in [0.1, 0.15) is 43.0 Å². The average molecular weight is 423 g/mol. The van der Waals surface area contributed by atoms with Gasteiger partial charge < -0.3 is 20.1 Å². The van der Waals surface area contributed by atoms with E-state index in [1.807, 2.05) is 6.07 Å². The van der Waals surface area contributed by atoms with E-state index in [0.29, 0.717) is 28.7 Å². The largest absolute Gasteiger partial charge is 0.496 e. The van der Waals surface area contributed by atoms with Crippen LogP contribution in [0.5, 0.6) is 11.5 Å². The Labute approximate surface area is 183 Å². The lowest BCUT2D eigenvalue weighted by atomic mass is 9.84. The molecule has 2 amide bonds. The van der Waals surface area contributed by atoms with Gasteiger partial charge in [-0.05, 0) is 80.3 Å². The first kappa shape index (κ1) is 21.2. The third kappa shape index (κ3) is 5.01. The lowest BCUT2D eigenvalue weighted by molar-refractivity contribution is -0.124. The molecule has 2 fully saturated rings. The molecule has 6 nitrogen and oxygen atoms in total. The summed E-state index contributed by atoms with van der Waals surface area (Å²) in [6, 6.07) is 14.2. The van der Waals surface area contributed by atoms with Gasteiger partial charge in [0, 0.05) is 11.7 Å². The van der Waals surface area contributed by atoms with E-state index in [1.54, 1.807) is 42.5 Å². The molecule has 4 unspecified atom stereocenters. The van der Waals surface area contributed by atoms with Crippen LogP contribution < -0.4 is 20.1 Å². The van der Waals surface area contributed by atoms with Crippen LogP contribution in [0.2, 0.25) is 0 Å². The highest BCUT2D eigenvalue weighted by atomic mass is 16.5. The minimum Gasteiger partial charge on any atom is -0.496 e. The maximum atomic E-state index is 12.5. The number of hydrogen-bond donors (Lipinski definition) is 2. The van der Waals surface area contributed by atoms with E-state index in [2.05, 4.69) is 17.6 Å². The maximum absolute atomic E-state index is 12.5. The highest BCUT2D eigenvalue weighted by Gasteiger charge is 2.42. The number of carbonyl (C=O) groups excluding carboxylic acids is 2. The molecule has 2 bridgehead atoms. The number of para-hydroxylation sites is 1. The number of ether oxygens (including phenoxy) is 2. The maximum Gasteiger partial charge on any atom is 0.259 e. The van der Waals surface area contributed by atoms with Crippen LogP contribution in [0.25, 0.3) is 0 Å². The number of fused-ring (bicyclic) bond motifs is 2. The number of methoxy groups -OCH3 is 1. The fourth-order valence-corrected chi connectivity index (χ4v) is 5.12. The van der Waals surface area contributed by atoms with E-state index in [4.69, 9.17) is 9.47 Å². The molecule has 2 N–H and O–H groups in total. The summed E-state index contributed by atoms with van der Waals surface area (Å²) in [7, 11) is 1.53. The Morgan fingerprint density at radius 3 is 2.52 bits per heavy atom. The van der Waals surface area contributed by atoms with E-state index in [0.717, 1.165) is 11.8 Å². The first-order valence-electron chi connectivity index (χ1n) is 11.0. The predicted octanol–water partition coefficient (Wildman–Crippen LogP) is 4.27. The molecular weight excluding hydrogens is 392 g/mol. The van der Waals surface area contributed by atoms with E-state index >= 15 is 0 Å². The van der Waals surface area contributed by atoms with Gasteiger partial charge >= 0.3 is 0 Å². The second-order valence-corrected chi connectivity index (χ2v) is 8.66. The number of nitrogens with one attached hydrogen (secondary N) is 2. The average Bonchev–Trinajstić information content (AvgIpc) is 3.42. The van der Waals surface area contributed by atoms with Gasteiger partial charge in [0.05, 0.1) is 12.7 Å². The number of carbonyl (C=O) groups is 2. The van der Waals surface area contributed by atoms with Crippen LogP contribution in [-0.4, -0.2) is 31.6 Å². The fraction of sp³-hybridized carbons (Fsp3) is 0.440. The third-order valence-corrected chi connectivity index (χ3v) is 6.66. The second-order valence-electron chi connectivity index (χ2n) is 8.66. The Morgan fingerprint density at radius 2 is 1.84 bits per heavy atom. The van der Waals surface area contributed by atoms with Crippen molar-refractivity contribution in [2.45, 2.75) is 38.6 Å². The van der Waals surface area contributed by atoms with Crippen LogP contribution in [-0.2, 0) is 4.79 Å². The molecule has 2 saturated carbocycles. The lowest BCUT2D eigenvalue weighted by Gasteiger charge is -2.28. The molecule has 31 heavy (non-hydrogen) atoms. The van der Waals surface area contributed by atoms with Crippen LogP contribution in [0.3, 0.4) is 0 Å². The number of anilines is 1. The van der Waals surface area contributed by atoms with Crippen molar-refractivity contribution in [2.75, 3.05) is 19.0 Å². The molecule has 0 radical (unpaired) electrons. The summed E-state index contributed by atoms with van der Waals surface area (Å²) in [6.07, 6.45) is 5.25. The van der Waals surface area contributed by atoms with Gasteiger partial charge in [0.2, 0.25) is 0 Å². The summed E-state index contributed by atoms with van der Waals surface area (Å²) in [4.78, 5) is 24.8. The van der Waals surface area contributed by atoms with Crippen molar-refractivity contribution >= 4 is 17.5 Å². The van der Waals surface area contributed by atoms with Gasteiger partial charge in [-0.1, -0.05) is 18.6 Å². The van der Waals surface area contributed by atoms with Gasteiger partial charge in [0.15, 0.2) is 6.61 Å². The molecule has 0 heterocycles. The summed E-state index contributed by atoms with van der Waals surface area (Å²) in [5.41, 5.74) is 1.10. The SMILES string of the molecule is COc1ccccc1C(=O)Nc1ccc(OCC(=O)NC(C)C2CC3CCC2C3)cc1. The van der Waals surface area contributed by atoms with Gasteiger partial charge in [-0.3, -0.25) is 9.59 Å². The highest BCUT2D eigenvalue weighted by Crippen LogP contribution is 2.49. The molecule has 4 atom stereocenters. The van der Waals surface area contributed by atoms with Crippen LogP contribution in [0, 0.1) is 17.8 Å². The predicted molar refractivity (Wildman–Crippen MR) is 119 cm³/mol. The van der Waals surface area contributed by atoms with E-state index < -0.39 is 0 Å². The minimum atomic E-state index is -0.250. The normalized spacial score (nSPS) is 22.6. The van der Waals surface area contributed by atoms with Gasteiger partial charge in [-0.2, -0.15) is 0 Å². The second kappa shape index (κ2) is 9.41. The molecule has 0 saturated heterocycles. The molecule has 2 aromatic carbocycles. The van der Waals surface area contributed by atoms with Gasteiger partial charge in [0.25, 0.3) is 11.8 Å².